The molecular weight excluding hydrogens is 295 g/mol. The fourth-order valence-corrected chi connectivity index (χ4v) is 2.94. The van der Waals surface area contributed by atoms with E-state index in [2.05, 4.69) is 15.5 Å². The maximum Gasteiger partial charge on any atom is 0.220 e. The molecule has 1 amide bonds. The third-order valence-corrected chi connectivity index (χ3v) is 4.25. The fraction of sp³-hybridized carbons (Fsp3) is 0.412. The number of nitrogens with one attached hydrogen (secondary N) is 2. The molecule has 2 heterocycles. The van der Waals surface area contributed by atoms with E-state index >= 15 is 0 Å². The van der Waals surface area contributed by atoms with Crippen molar-refractivity contribution in [2.75, 3.05) is 18.0 Å². The van der Waals surface area contributed by atoms with Crippen molar-refractivity contribution >= 4 is 11.6 Å². The Morgan fingerprint density at radius 2 is 2.13 bits per heavy atom. The minimum absolute atomic E-state index is 0.0653. The van der Waals surface area contributed by atoms with Crippen LogP contribution in [0.4, 0.5) is 10.1 Å². The second-order valence-electron chi connectivity index (χ2n) is 5.89. The zero-order valence-corrected chi connectivity index (χ0v) is 13.0. The number of aryl methyl sites for hydroxylation is 1. The minimum atomic E-state index is -0.185. The third-order valence-electron chi connectivity index (χ3n) is 4.25. The summed E-state index contributed by atoms with van der Waals surface area (Å²) in [6.45, 7) is 1.52. The smallest absolute Gasteiger partial charge is 0.220 e. The van der Waals surface area contributed by atoms with Crippen LogP contribution < -0.4 is 10.2 Å². The molecule has 2 aromatic rings. The normalized spacial score (nSPS) is 15.6. The van der Waals surface area contributed by atoms with Crippen LogP contribution in [-0.4, -0.2) is 35.2 Å². The molecule has 0 radical (unpaired) electrons. The average Bonchev–Trinajstić information content (AvgIpc) is 3.08. The summed E-state index contributed by atoms with van der Waals surface area (Å²) in [4.78, 5) is 14.0. The van der Waals surface area contributed by atoms with Crippen molar-refractivity contribution in [3.8, 4) is 0 Å². The molecule has 1 aromatic carbocycles. The molecule has 3 rings (SSSR count). The zero-order valence-electron chi connectivity index (χ0n) is 13.0. The first kappa shape index (κ1) is 15.5. The Kier molecular flexibility index (Phi) is 4.90. The van der Waals surface area contributed by atoms with Crippen molar-refractivity contribution in [3.63, 3.8) is 0 Å². The van der Waals surface area contributed by atoms with Crippen LogP contribution in [0, 0.1) is 5.82 Å². The molecular formula is C17H21FN4O. The summed E-state index contributed by atoms with van der Waals surface area (Å²) in [7, 11) is 0. The van der Waals surface area contributed by atoms with Crippen molar-refractivity contribution < 1.29 is 9.18 Å². The van der Waals surface area contributed by atoms with E-state index in [-0.39, 0.29) is 17.8 Å². The molecule has 0 saturated carbocycles. The van der Waals surface area contributed by atoms with Crippen molar-refractivity contribution in [3.05, 3.63) is 48.0 Å². The minimum Gasteiger partial charge on any atom is -0.369 e. The van der Waals surface area contributed by atoms with E-state index in [1.165, 1.54) is 6.07 Å². The number of aromatic amines is 1. The molecule has 0 atom stereocenters. The topological polar surface area (TPSA) is 61.0 Å². The SMILES string of the molecule is O=C(CCc1cn[nH]c1)NC1CCN(c2ccccc2F)CC1. The second-order valence-corrected chi connectivity index (χ2v) is 5.89. The maximum atomic E-state index is 13.8. The molecule has 1 aliphatic rings. The Morgan fingerprint density at radius 1 is 1.35 bits per heavy atom. The quantitative estimate of drug-likeness (QED) is 0.889. The number of anilines is 1. The highest BCUT2D eigenvalue weighted by molar-refractivity contribution is 5.76. The lowest BCUT2D eigenvalue weighted by Gasteiger charge is -2.34. The van der Waals surface area contributed by atoms with Crippen LogP contribution >= 0.6 is 0 Å². The summed E-state index contributed by atoms with van der Waals surface area (Å²) in [5.41, 5.74) is 1.69. The summed E-state index contributed by atoms with van der Waals surface area (Å²) in [6.07, 6.45) is 6.38. The number of amides is 1. The molecule has 0 bridgehead atoms. The lowest BCUT2D eigenvalue weighted by atomic mass is 10.0. The van der Waals surface area contributed by atoms with Gasteiger partial charge in [0.1, 0.15) is 5.82 Å². The van der Waals surface area contributed by atoms with Gasteiger partial charge in [-0.3, -0.25) is 9.89 Å². The Balaban J connectivity index is 1.44. The van der Waals surface area contributed by atoms with Crippen LogP contribution in [0.15, 0.2) is 36.7 Å². The fourth-order valence-electron chi connectivity index (χ4n) is 2.94. The predicted octanol–water partition coefficient (Wildman–Crippen LogP) is 2.27. The van der Waals surface area contributed by atoms with Gasteiger partial charge >= 0.3 is 0 Å². The summed E-state index contributed by atoms with van der Waals surface area (Å²) in [5.74, 6) is -0.120. The highest BCUT2D eigenvalue weighted by Crippen LogP contribution is 2.22. The second kappa shape index (κ2) is 7.26. The molecule has 5 nitrogen and oxygen atoms in total. The number of hydrogen-bond donors (Lipinski definition) is 2. The van der Waals surface area contributed by atoms with E-state index in [4.69, 9.17) is 0 Å². The monoisotopic (exact) mass is 316 g/mol. The number of H-pyrrole nitrogens is 1. The molecule has 1 aromatic heterocycles. The molecule has 6 heteroatoms. The highest BCUT2D eigenvalue weighted by atomic mass is 19.1. The molecule has 1 saturated heterocycles. The lowest BCUT2D eigenvalue weighted by Crippen LogP contribution is -2.45. The molecule has 1 fully saturated rings. The van der Waals surface area contributed by atoms with Gasteiger partial charge in [0.2, 0.25) is 5.91 Å². The number of hydrogen-bond acceptors (Lipinski definition) is 3. The molecule has 23 heavy (non-hydrogen) atoms. The van der Waals surface area contributed by atoms with Crippen molar-refractivity contribution in [1.82, 2.24) is 15.5 Å². The van der Waals surface area contributed by atoms with Crippen LogP contribution in [0.3, 0.4) is 0 Å². The van der Waals surface area contributed by atoms with Gasteiger partial charge < -0.3 is 10.2 Å². The Bertz CT molecular complexity index is 636. The predicted molar refractivity (Wildman–Crippen MR) is 86.7 cm³/mol. The van der Waals surface area contributed by atoms with Gasteiger partial charge in [0, 0.05) is 31.7 Å². The van der Waals surface area contributed by atoms with Gasteiger partial charge in [0.25, 0.3) is 0 Å². The number of carbonyl (C=O) groups is 1. The standard InChI is InChI=1S/C17H21FN4O/c18-15-3-1-2-4-16(15)22-9-7-14(8-10-22)21-17(23)6-5-13-11-19-20-12-13/h1-4,11-12,14H,5-10H2,(H,19,20)(H,21,23). The van der Waals surface area contributed by atoms with E-state index in [1.807, 2.05) is 11.0 Å². The van der Waals surface area contributed by atoms with Crippen molar-refractivity contribution in [2.45, 2.75) is 31.7 Å². The highest BCUT2D eigenvalue weighted by Gasteiger charge is 2.22. The first-order valence-corrected chi connectivity index (χ1v) is 7.99. The number of para-hydroxylation sites is 1. The lowest BCUT2D eigenvalue weighted by molar-refractivity contribution is -0.121. The third kappa shape index (κ3) is 4.09. The molecule has 1 aliphatic heterocycles. The van der Waals surface area contributed by atoms with Gasteiger partial charge in [-0.1, -0.05) is 12.1 Å². The Morgan fingerprint density at radius 3 is 2.83 bits per heavy atom. The molecule has 122 valence electrons. The number of nitrogens with zero attached hydrogens (tertiary/aromatic N) is 2. The van der Waals surface area contributed by atoms with Crippen LogP contribution in [0.2, 0.25) is 0 Å². The number of piperidine rings is 1. The number of benzene rings is 1. The van der Waals surface area contributed by atoms with Gasteiger partial charge in [0.15, 0.2) is 0 Å². The molecule has 0 unspecified atom stereocenters. The van der Waals surface area contributed by atoms with Crippen LogP contribution in [-0.2, 0) is 11.2 Å². The average molecular weight is 316 g/mol. The Labute approximate surface area is 134 Å². The largest absolute Gasteiger partial charge is 0.369 e. The van der Waals surface area contributed by atoms with E-state index in [0.717, 1.165) is 31.5 Å². The first-order chi connectivity index (χ1) is 11.2. The van der Waals surface area contributed by atoms with Gasteiger partial charge in [0.05, 0.1) is 11.9 Å². The van der Waals surface area contributed by atoms with Crippen molar-refractivity contribution in [1.29, 1.82) is 0 Å². The van der Waals surface area contributed by atoms with Crippen LogP contribution in [0.1, 0.15) is 24.8 Å². The van der Waals surface area contributed by atoms with Gasteiger partial charge in [-0.05, 0) is 37.0 Å². The number of halogens is 1. The summed E-state index contributed by atoms with van der Waals surface area (Å²) < 4.78 is 13.8. The van der Waals surface area contributed by atoms with Gasteiger partial charge in [-0.25, -0.2) is 4.39 Å². The van der Waals surface area contributed by atoms with E-state index in [0.29, 0.717) is 18.5 Å². The Hall–Kier alpha value is -2.37. The van der Waals surface area contributed by atoms with Crippen LogP contribution in [0.25, 0.3) is 0 Å². The van der Waals surface area contributed by atoms with E-state index < -0.39 is 0 Å². The maximum absolute atomic E-state index is 13.8. The van der Waals surface area contributed by atoms with Gasteiger partial charge in [-0.2, -0.15) is 5.10 Å². The van der Waals surface area contributed by atoms with Crippen LogP contribution in [0.5, 0.6) is 0 Å². The molecule has 0 aliphatic carbocycles. The molecule has 0 spiro atoms. The number of aromatic nitrogens is 2. The van der Waals surface area contributed by atoms with Crippen molar-refractivity contribution in [2.24, 2.45) is 0 Å². The van der Waals surface area contributed by atoms with E-state index in [1.54, 1.807) is 24.5 Å². The van der Waals surface area contributed by atoms with Gasteiger partial charge in [-0.15, -0.1) is 0 Å². The summed E-state index contributed by atoms with van der Waals surface area (Å²) >= 11 is 0. The first-order valence-electron chi connectivity index (χ1n) is 7.99. The van der Waals surface area contributed by atoms with E-state index in [9.17, 15) is 9.18 Å². The number of carbonyl (C=O) groups excluding carboxylic acids is 1. The summed E-state index contributed by atoms with van der Waals surface area (Å²) in [5, 5.41) is 9.69. The molecule has 2 N–H and O–H groups in total. The number of rotatable bonds is 5. The summed E-state index contributed by atoms with van der Waals surface area (Å²) in [6, 6.07) is 7.02. The zero-order chi connectivity index (χ0) is 16.1.